The highest BCUT2D eigenvalue weighted by Crippen LogP contribution is 2.59. The van der Waals surface area contributed by atoms with Crippen LogP contribution in [0.1, 0.15) is 79.0 Å². The van der Waals surface area contributed by atoms with E-state index in [4.69, 9.17) is 5.73 Å². The van der Waals surface area contributed by atoms with Crippen LogP contribution in [0.4, 0.5) is 4.79 Å². The average Bonchev–Trinajstić information content (AvgIpc) is 3.62. The van der Waals surface area contributed by atoms with E-state index in [1.54, 1.807) is 0 Å². The molecule has 0 atom stereocenters. The molecular formula is C29H36N4O2. The lowest BCUT2D eigenvalue weighted by atomic mass is 9.49. The van der Waals surface area contributed by atoms with Crippen LogP contribution < -0.4 is 11.1 Å². The van der Waals surface area contributed by atoms with Gasteiger partial charge in [0.25, 0.3) is 5.91 Å². The molecule has 0 saturated heterocycles. The van der Waals surface area contributed by atoms with Crippen molar-refractivity contribution >= 4 is 11.9 Å². The number of nitrogens with two attached hydrogens (primary N) is 1. The second-order valence-electron chi connectivity index (χ2n) is 12.2. The van der Waals surface area contributed by atoms with Crippen LogP contribution in [-0.4, -0.2) is 34.5 Å². The standard InChI is InChI=1S/C29H36N4O2/c30-27(34)25-23-16-32(28(35)31-17-29-13-18-10-19(14-29)12-20(11-18)15-29)8-9-33(23)26(22-6-7-22)24(25)21-4-2-1-3-5-21/h1-5,18-20,22H,6-17H2,(H2,30,34)(H,31,35). The van der Waals surface area contributed by atoms with Crippen molar-refractivity contribution in [3.05, 3.63) is 47.3 Å². The van der Waals surface area contributed by atoms with Gasteiger partial charge in [-0.15, -0.1) is 0 Å². The molecule has 4 bridgehead atoms. The molecule has 0 unspecified atom stereocenters. The van der Waals surface area contributed by atoms with Crippen LogP contribution in [0, 0.1) is 23.2 Å². The van der Waals surface area contributed by atoms with Gasteiger partial charge in [0.1, 0.15) is 0 Å². The number of carbonyl (C=O) groups is 2. The maximum Gasteiger partial charge on any atom is 0.317 e. The summed E-state index contributed by atoms with van der Waals surface area (Å²) in [4.78, 5) is 28.1. The molecule has 2 aromatic rings. The molecule has 184 valence electrons. The maximum absolute atomic E-state index is 13.4. The maximum atomic E-state index is 13.4. The Labute approximate surface area is 207 Å². The number of nitrogens with one attached hydrogen (secondary N) is 1. The highest BCUT2D eigenvalue weighted by Gasteiger charge is 2.51. The van der Waals surface area contributed by atoms with Crippen molar-refractivity contribution in [3.63, 3.8) is 0 Å². The Morgan fingerprint density at radius 3 is 2.23 bits per heavy atom. The first-order valence-electron chi connectivity index (χ1n) is 13.6. The summed E-state index contributed by atoms with van der Waals surface area (Å²) in [7, 11) is 0. The van der Waals surface area contributed by atoms with Crippen LogP contribution in [0.25, 0.3) is 11.1 Å². The number of hydrogen-bond donors (Lipinski definition) is 2. The number of rotatable bonds is 5. The van der Waals surface area contributed by atoms with Gasteiger partial charge in [-0.3, -0.25) is 4.79 Å². The van der Waals surface area contributed by atoms with Gasteiger partial charge < -0.3 is 20.5 Å². The van der Waals surface area contributed by atoms with Gasteiger partial charge >= 0.3 is 6.03 Å². The minimum Gasteiger partial charge on any atom is -0.366 e. The van der Waals surface area contributed by atoms with E-state index in [1.165, 1.54) is 44.2 Å². The minimum atomic E-state index is -0.393. The summed E-state index contributed by atoms with van der Waals surface area (Å²) < 4.78 is 2.31. The van der Waals surface area contributed by atoms with Crippen LogP contribution in [0.15, 0.2) is 30.3 Å². The van der Waals surface area contributed by atoms with Crippen molar-refractivity contribution in [2.45, 2.75) is 70.4 Å². The van der Waals surface area contributed by atoms with E-state index < -0.39 is 5.91 Å². The average molecular weight is 473 g/mol. The summed E-state index contributed by atoms with van der Waals surface area (Å²) in [6.45, 7) is 2.63. The fourth-order valence-electron chi connectivity index (χ4n) is 8.59. The number of primary amides is 1. The van der Waals surface area contributed by atoms with Gasteiger partial charge in [0.05, 0.1) is 17.8 Å². The molecule has 3 amide bonds. The third-order valence-electron chi connectivity index (χ3n) is 9.69. The number of fused-ring (bicyclic) bond motifs is 1. The van der Waals surface area contributed by atoms with Crippen LogP contribution in [0.2, 0.25) is 0 Å². The van der Waals surface area contributed by atoms with Crippen molar-refractivity contribution in [3.8, 4) is 11.1 Å². The van der Waals surface area contributed by atoms with Gasteiger partial charge in [-0.25, -0.2) is 4.79 Å². The van der Waals surface area contributed by atoms with Crippen molar-refractivity contribution in [1.82, 2.24) is 14.8 Å². The van der Waals surface area contributed by atoms with Gasteiger partial charge in [0.15, 0.2) is 0 Å². The summed E-state index contributed by atoms with van der Waals surface area (Å²) in [5.74, 6) is 2.73. The largest absolute Gasteiger partial charge is 0.366 e. The molecule has 0 spiro atoms. The number of amides is 3. The first-order valence-corrected chi connectivity index (χ1v) is 13.6. The first kappa shape index (κ1) is 21.5. The van der Waals surface area contributed by atoms with Crippen molar-refractivity contribution in [1.29, 1.82) is 0 Å². The van der Waals surface area contributed by atoms with Gasteiger partial charge in [0, 0.05) is 30.9 Å². The molecule has 5 saturated carbocycles. The monoisotopic (exact) mass is 472 g/mol. The lowest BCUT2D eigenvalue weighted by molar-refractivity contribution is -0.0503. The molecule has 8 rings (SSSR count). The molecule has 3 N–H and O–H groups in total. The van der Waals surface area contributed by atoms with Crippen molar-refractivity contribution < 1.29 is 9.59 Å². The van der Waals surface area contributed by atoms with E-state index in [2.05, 4.69) is 22.0 Å². The fourth-order valence-corrected chi connectivity index (χ4v) is 8.59. The van der Waals surface area contributed by atoms with E-state index in [1.807, 2.05) is 23.1 Å². The molecule has 1 aliphatic heterocycles. The van der Waals surface area contributed by atoms with E-state index in [0.29, 0.717) is 30.0 Å². The van der Waals surface area contributed by atoms with E-state index in [9.17, 15) is 9.59 Å². The zero-order valence-corrected chi connectivity index (χ0v) is 20.5. The summed E-state index contributed by atoms with van der Waals surface area (Å²) >= 11 is 0. The highest BCUT2D eigenvalue weighted by atomic mass is 16.2. The molecule has 2 heterocycles. The molecule has 35 heavy (non-hydrogen) atoms. The Morgan fingerprint density at radius 2 is 1.63 bits per heavy atom. The predicted molar refractivity (Wildman–Crippen MR) is 135 cm³/mol. The number of urea groups is 1. The summed E-state index contributed by atoms with van der Waals surface area (Å²) in [6.07, 6.45) is 10.4. The summed E-state index contributed by atoms with van der Waals surface area (Å²) in [5, 5.41) is 3.34. The van der Waals surface area contributed by atoms with Crippen LogP contribution >= 0.6 is 0 Å². The Balaban J connectivity index is 1.14. The van der Waals surface area contributed by atoms with Crippen LogP contribution in [-0.2, 0) is 13.1 Å². The normalized spacial score (nSPS) is 30.9. The van der Waals surface area contributed by atoms with Crippen LogP contribution in [0.3, 0.4) is 0 Å². The third kappa shape index (κ3) is 3.59. The third-order valence-corrected chi connectivity index (χ3v) is 9.69. The number of aromatic nitrogens is 1. The molecule has 1 aromatic heterocycles. The quantitative estimate of drug-likeness (QED) is 0.651. The van der Waals surface area contributed by atoms with Gasteiger partial charge in [-0.05, 0) is 86.0 Å². The Morgan fingerprint density at radius 1 is 0.971 bits per heavy atom. The molecule has 5 fully saturated rings. The van der Waals surface area contributed by atoms with E-state index in [-0.39, 0.29) is 6.03 Å². The highest BCUT2D eigenvalue weighted by molar-refractivity contribution is 6.02. The molecule has 6 aliphatic rings. The lowest BCUT2D eigenvalue weighted by Crippen LogP contribution is -2.53. The van der Waals surface area contributed by atoms with Crippen LogP contribution in [0.5, 0.6) is 0 Å². The van der Waals surface area contributed by atoms with Gasteiger partial charge in [-0.1, -0.05) is 30.3 Å². The zero-order chi connectivity index (χ0) is 23.7. The number of nitrogens with zero attached hydrogens (tertiary/aromatic N) is 2. The Bertz CT molecular complexity index is 1140. The Hall–Kier alpha value is -2.76. The number of hydrogen-bond acceptors (Lipinski definition) is 2. The fraction of sp³-hybridized carbons (Fsp3) is 0.586. The number of benzene rings is 1. The van der Waals surface area contributed by atoms with E-state index >= 15 is 0 Å². The van der Waals surface area contributed by atoms with Crippen molar-refractivity contribution in [2.75, 3.05) is 13.1 Å². The summed E-state index contributed by atoms with van der Waals surface area (Å²) in [6, 6.07) is 10.2. The van der Waals surface area contributed by atoms with Gasteiger partial charge in [-0.2, -0.15) is 0 Å². The molecule has 5 aliphatic carbocycles. The minimum absolute atomic E-state index is 0.0119. The summed E-state index contributed by atoms with van der Waals surface area (Å²) in [5.41, 5.74) is 11.1. The SMILES string of the molecule is NC(=O)c1c(-c2ccccc2)c(C2CC2)n2c1CN(C(=O)NCC13CC4CC(CC(C4)C1)C3)CC2. The first-order chi connectivity index (χ1) is 17.0. The van der Waals surface area contributed by atoms with Gasteiger partial charge in [0.2, 0.25) is 0 Å². The predicted octanol–water partition coefficient (Wildman–Crippen LogP) is 4.87. The number of carbonyl (C=O) groups excluding carboxylic acids is 2. The molecule has 0 radical (unpaired) electrons. The second-order valence-corrected chi connectivity index (χ2v) is 12.2. The molecular weight excluding hydrogens is 436 g/mol. The van der Waals surface area contributed by atoms with E-state index in [0.717, 1.165) is 60.5 Å². The Kier molecular flexibility index (Phi) is 4.84. The lowest BCUT2D eigenvalue weighted by Gasteiger charge is -2.57. The topological polar surface area (TPSA) is 80.4 Å². The zero-order valence-electron chi connectivity index (χ0n) is 20.5. The second kappa shape index (κ2) is 7.87. The molecule has 6 heteroatoms. The molecule has 1 aromatic carbocycles. The molecule has 6 nitrogen and oxygen atoms in total. The smallest absolute Gasteiger partial charge is 0.317 e. The van der Waals surface area contributed by atoms with Crippen molar-refractivity contribution in [2.24, 2.45) is 28.9 Å².